The van der Waals surface area contributed by atoms with Crippen molar-refractivity contribution in [3.8, 4) is 0 Å². The van der Waals surface area contributed by atoms with E-state index < -0.39 is 0 Å². The van der Waals surface area contributed by atoms with Crippen molar-refractivity contribution in [3.63, 3.8) is 0 Å². The normalized spacial score (nSPS) is 13.5. The zero-order chi connectivity index (χ0) is 12.4. The van der Waals surface area contributed by atoms with Gasteiger partial charge < -0.3 is 10.3 Å². The van der Waals surface area contributed by atoms with Crippen LogP contribution in [0.2, 0.25) is 0 Å². The molecule has 0 saturated carbocycles. The molecule has 0 fully saturated rings. The third-order valence-corrected chi connectivity index (χ3v) is 3.44. The molecule has 92 valence electrons. The molecule has 1 atom stereocenters. The quantitative estimate of drug-likeness (QED) is 0.827. The first kappa shape index (κ1) is 12.2. The lowest BCUT2D eigenvalue weighted by Gasteiger charge is -2.21. The Morgan fingerprint density at radius 2 is 2.00 bits per heavy atom. The van der Waals surface area contributed by atoms with Crippen molar-refractivity contribution >= 4 is 10.9 Å². The summed E-state index contributed by atoms with van der Waals surface area (Å²) in [6.07, 6.45) is 0. The minimum atomic E-state index is 0.583. The summed E-state index contributed by atoms with van der Waals surface area (Å²) in [5, 5.41) is 4.61. The average molecular weight is 230 g/mol. The minimum absolute atomic E-state index is 0.583. The Kier molecular flexibility index (Phi) is 3.53. The van der Waals surface area contributed by atoms with Crippen molar-refractivity contribution < 1.29 is 0 Å². The van der Waals surface area contributed by atoms with E-state index in [1.54, 1.807) is 0 Å². The molecule has 1 unspecified atom stereocenters. The first-order valence-electron chi connectivity index (χ1n) is 6.35. The molecule has 0 saturated heterocycles. The van der Waals surface area contributed by atoms with Gasteiger partial charge in [0.05, 0.1) is 0 Å². The van der Waals surface area contributed by atoms with Crippen LogP contribution in [-0.4, -0.2) is 18.6 Å². The molecule has 2 N–H and O–H groups in total. The van der Waals surface area contributed by atoms with Crippen molar-refractivity contribution in [1.82, 2.24) is 10.3 Å². The number of fused-ring (bicyclic) bond motifs is 1. The number of H-pyrrole nitrogens is 1. The van der Waals surface area contributed by atoms with Gasteiger partial charge in [-0.25, -0.2) is 0 Å². The van der Waals surface area contributed by atoms with Crippen molar-refractivity contribution in [2.45, 2.75) is 26.7 Å². The maximum absolute atomic E-state index is 3.37. The van der Waals surface area contributed by atoms with Gasteiger partial charge in [-0.15, -0.1) is 0 Å². The van der Waals surface area contributed by atoms with E-state index in [4.69, 9.17) is 0 Å². The van der Waals surface area contributed by atoms with Crippen LogP contribution in [0.15, 0.2) is 24.3 Å². The van der Waals surface area contributed by atoms with E-state index in [1.807, 2.05) is 7.05 Å². The van der Waals surface area contributed by atoms with E-state index in [9.17, 15) is 0 Å². The smallest absolute Gasteiger partial charge is 0.0456 e. The number of nitrogens with one attached hydrogen (secondary N) is 2. The molecule has 2 heteroatoms. The Morgan fingerprint density at radius 3 is 2.65 bits per heavy atom. The van der Waals surface area contributed by atoms with Gasteiger partial charge >= 0.3 is 0 Å². The summed E-state index contributed by atoms with van der Waals surface area (Å²) in [5.41, 5.74) is 3.89. The summed E-state index contributed by atoms with van der Waals surface area (Å²) in [5.74, 6) is 1.24. The molecule has 1 aromatic carbocycles. The lowest BCUT2D eigenvalue weighted by atomic mass is 9.88. The van der Waals surface area contributed by atoms with E-state index in [2.05, 4.69) is 55.3 Å². The molecule has 0 aliphatic rings. The monoisotopic (exact) mass is 230 g/mol. The number of aromatic nitrogens is 1. The fourth-order valence-electron chi connectivity index (χ4n) is 2.49. The maximum atomic E-state index is 3.37. The summed E-state index contributed by atoms with van der Waals surface area (Å²) < 4.78 is 0. The Bertz CT molecular complexity index is 497. The summed E-state index contributed by atoms with van der Waals surface area (Å²) in [6, 6.07) is 8.99. The van der Waals surface area contributed by atoms with Gasteiger partial charge in [-0.1, -0.05) is 19.9 Å². The highest BCUT2D eigenvalue weighted by Gasteiger charge is 2.15. The second-order valence-electron chi connectivity index (χ2n) is 5.21. The zero-order valence-electron chi connectivity index (χ0n) is 11.2. The molecule has 1 heterocycles. The Morgan fingerprint density at radius 1 is 1.24 bits per heavy atom. The van der Waals surface area contributed by atoms with Crippen LogP contribution in [0.25, 0.3) is 10.9 Å². The Hall–Kier alpha value is -1.28. The molecule has 2 rings (SSSR count). The molecule has 0 amide bonds. The van der Waals surface area contributed by atoms with Crippen LogP contribution in [0.5, 0.6) is 0 Å². The number of hydrogen-bond acceptors (Lipinski definition) is 1. The lowest BCUT2D eigenvalue weighted by Crippen LogP contribution is -2.21. The molecule has 0 aliphatic heterocycles. The number of hydrogen-bond donors (Lipinski definition) is 2. The maximum Gasteiger partial charge on any atom is 0.0456 e. The van der Waals surface area contributed by atoms with E-state index >= 15 is 0 Å². The van der Waals surface area contributed by atoms with Crippen LogP contribution in [0, 0.1) is 12.8 Å². The second-order valence-corrected chi connectivity index (χ2v) is 5.21. The molecule has 17 heavy (non-hydrogen) atoms. The van der Waals surface area contributed by atoms with E-state index in [1.165, 1.54) is 22.2 Å². The first-order chi connectivity index (χ1) is 8.11. The van der Waals surface area contributed by atoms with Gasteiger partial charge in [0.1, 0.15) is 0 Å². The van der Waals surface area contributed by atoms with Crippen LogP contribution >= 0.6 is 0 Å². The highest BCUT2D eigenvalue weighted by molar-refractivity contribution is 5.81. The van der Waals surface area contributed by atoms with E-state index in [0.717, 1.165) is 6.54 Å². The Labute approximate surface area is 103 Å². The number of rotatable bonds is 4. The molecule has 2 nitrogen and oxygen atoms in total. The molecule has 2 aromatic rings. The standard InChI is InChI=1S/C15H22N2/c1-10(2)14(9-16-4)12-5-6-15-13(8-12)7-11(3)17-15/h5-8,10,14,16-17H,9H2,1-4H3. The minimum Gasteiger partial charge on any atom is -0.359 e. The predicted octanol–water partition coefficient (Wildman–Crippen LogP) is 3.44. The average Bonchev–Trinajstić information content (AvgIpc) is 2.64. The van der Waals surface area contributed by atoms with Gasteiger partial charge in [-0.05, 0) is 55.0 Å². The van der Waals surface area contributed by atoms with Crippen LogP contribution in [-0.2, 0) is 0 Å². The van der Waals surface area contributed by atoms with Gasteiger partial charge in [0.25, 0.3) is 0 Å². The predicted molar refractivity (Wildman–Crippen MR) is 74.5 cm³/mol. The topological polar surface area (TPSA) is 27.8 Å². The van der Waals surface area contributed by atoms with Crippen LogP contribution in [0.1, 0.15) is 31.0 Å². The van der Waals surface area contributed by atoms with E-state index in [0.29, 0.717) is 11.8 Å². The number of likely N-dealkylation sites (N-methyl/N-ethyl adjacent to an activating group) is 1. The molecule has 0 radical (unpaired) electrons. The first-order valence-corrected chi connectivity index (χ1v) is 6.35. The molecule has 1 aromatic heterocycles. The van der Waals surface area contributed by atoms with Gasteiger partial charge in [-0.2, -0.15) is 0 Å². The van der Waals surface area contributed by atoms with Crippen molar-refractivity contribution in [3.05, 3.63) is 35.5 Å². The van der Waals surface area contributed by atoms with Crippen molar-refractivity contribution in [2.24, 2.45) is 5.92 Å². The number of aromatic amines is 1. The lowest BCUT2D eigenvalue weighted by molar-refractivity contribution is 0.479. The summed E-state index contributed by atoms with van der Waals surface area (Å²) >= 11 is 0. The van der Waals surface area contributed by atoms with Crippen molar-refractivity contribution in [1.29, 1.82) is 0 Å². The van der Waals surface area contributed by atoms with Gasteiger partial charge in [-0.3, -0.25) is 0 Å². The largest absolute Gasteiger partial charge is 0.359 e. The fourth-order valence-corrected chi connectivity index (χ4v) is 2.49. The highest BCUT2D eigenvalue weighted by Crippen LogP contribution is 2.27. The number of benzene rings is 1. The zero-order valence-corrected chi connectivity index (χ0v) is 11.2. The van der Waals surface area contributed by atoms with E-state index in [-0.39, 0.29) is 0 Å². The van der Waals surface area contributed by atoms with Crippen LogP contribution < -0.4 is 5.32 Å². The molecular formula is C15H22N2. The third kappa shape index (κ3) is 2.52. The second kappa shape index (κ2) is 4.92. The van der Waals surface area contributed by atoms with Crippen LogP contribution in [0.3, 0.4) is 0 Å². The molecule has 0 spiro atoms. The molecule has 0 bridgehead atoms. The molecular weight excluding hydrogens is 208 g/mol. The number of aryl methyl sites for hydroxylation is 1. The summed E-state index contributed by atoms with van der Waals surface area (Å²) in [7, 11) is 2.02. The molecule has 0 aliphatic carbocycles. The van der Waals surface area contributed by atoms with Gasteiger partial charge in [0.15, 0.2) is 0 Å². The van der Waals surface area contributed by atoms with Crippen molar-refractivity contribution in [2.75, 3.05) is 13.6 Å². The SMILES string of the molecule is CNCC(c1ccc2[nH]c(C)cc2c1)C(C)C. The van der Waals surface area contributed by atoms with Gasteiger partial charge in [0, 0.05) is 17.8 Å². The fraction of sp³-hybridized carbons (Fsp3) is 0.467. The third-order valence-electron chi connectivity index (χ3n) is 3.44. The highest BCUT2D eigenvalue weighted by atomic mass is 14.8. The summed E-state index contributed by atoms with van der Waals surface area (Å²) in [6.45, 7) is 7.71. The van der Waals surface area contributed by atoms with Gasteiger partial charge in [0.2, 0.25) is 0 Å². The summed E-state index contributed by atoms with van der Waals surface area (Å²) in [4.78, 5) is 3.37. The van der Waals surface area contributed by atoms with Crippen LogP contribution in [0.4, 0.5) is 0 Å². The Balaban J connectivity index is 2.39.